The summed E-state index contributed by atoms with van der Waals surface area (Å²) >= 11 is 6.02. The zero-order valence-electron chi connectivity index (χ0n) is 17.4. The summed E-state index contributed by atoms with van der Waals surface area (Å²) in [6, 6.07) is 19.2. The van der Waals surface area contributed by atoms with Gasteiger partial charge in [-0.05, 0) is 48.9 Å². The molecule has 2 amide bonds. The second-order valence-electron chi connectivity index (χ2n) is 7.99. The van der Waals surface area contributed by atoms with Crippen molar-refractivity contribution in [3.05, 3.63) is 99.1 Å². The van der Waals surface area contributed by atoms with E-state index in [4.69, 9.17) is 16.4 Å². The number of anilines is 2. The number of benzene rings is 3. The number of hydrogen-bond acceptors (Lipinski definition) is 6. The summed E-state index contributed by atoms with van der Waals surface area (Å²) in [7, 11) is 0. The molecule has 0 spiro atoms. The van der Waals surface area contributed by atoms with Crippen LogP contribution in [0.4, 0.5) is 17.1 Å². The molecule has 2 heterocycles. The van der Waals surface area contributed by atoms with Gasteiger partial charge in [0.15, 0.2) is 6.10 Å². The molecule has 3 aromatic carbocycles. The van der Waals surface area contributed by atoms with E-state index in [0.29, 0.717) is 22.0 Å². The van der Waals surface area contributed by atoms with Crippen LogP contribution in [0.2, 0.25) is 5.02 Å². The molecule has 0 aromatic heterocycles. The van der Waals surface area contributed by atoms with Crippen molar-refractivity contribution in [1.29, 1.82) is 0 Å². The van der Waals surface area contributed by atoms with Gasteiger partial charge < -0.3 is 0 Å². The van der Waals surface area contributed by atoms with Crippen molar-refractivity contribution in [2.75, 3.05) is 9.96 Å². The van der Waals surface area contributed by atoms with Crippen LogP contribution in [0.1, 0.15) is 17.2 Å². The maximum Gasteiger partial charge on any atom is 0.269 e. The number of nitrogens with zero attached hydrogens (tertiary/aromatic N) is 3. The molecule has 166 valence electrons. The fourth-order valence-corrected chi connectivity index (χ4v) is 4.43. The number of nitro groups is 1. The number of aryl methyl sites for hydroxylation is 1. The Hall–Kier alpha value is -3.75. The number of carbonyl (C=O) groups excluding carboxylic acids is 2. The highest BCUT2D eigenvalue weighted by atomic mass is 35.5. The van der Waals surface area contributed by atoms with Crippen LogP contribution in [0.3, 0.4) is 0 Å². The van der Waals surface area contributed by atoms with Crippen molar-refractivity contribution in [3.8, 4) is 0 Å². The number of rotatable bonds is 4. The number of carbonyl (C=O) groups is 2. The molecule has 0 bridgehead atoms. The van der Waals surface area contributed by atoms with Crippen LogP contribution in [0.25, 0.3) is 0 Å². The smallest absolute Gasteiger partial charge is 0.269 e. The van der Waals surface area contributed by atoms with Gasteiger partial charge in [-0.15, -0.1) is 0 Å². The fraction of sp³-hybridized carbons (Fsp3) is 0.167. The molecular formula is C24H18ClN3O5. The third kappa shape index (κ3) is 3.53. The number of amides is 2. The summed E-state index contributed by atoms with van der Waals surface area (Å²) in [6.07, 6.45) is -1.02. The summed E-state index contributed by atoms with van der Waals surface area (Å²) in [5.74, 6) is -1.65. The average molecular weight is 464 g/mol. The SMILES string of the molecule is Cc1ccc(N2C(=O)C3ON(c4ccc(Cl)cc4)C(c4ccc([N+](=O)[O-])cc4)C3C2=O)cc1. The molecule has 9 heteroatoms. The van der Waals surface area contributed by atoms with Crippen LogP contribution in [-0.2, 0) is 14.4 Å². The molecular weight excluding hydrogens is 446 g/mol. The number of non-ortho nitro benzene ring substituents is 1. The summed E-state index contributed by atoms with van der Waals surface area (Å²) in [6.45, 7) is 1.92. The minimum atomic E-state index is -1.02. The van der Waals surface area contributed by atoms with Gasteiger partial charge in [-0.25, -0.2) is 9.96 Å². The molecule has 0 N–H and O–H groups in total. The zero-order chi connectivity index (χ0) is 23.3. The molecule has 3 atom stereocenters. The van der Waals surface area contributed by atoms with Gasteiger partial charge in [0.05, 0.1) is 22.3 Å². The second-order valence-corrected chi connectivity index (χ2v) is 8.43. The second kappa shape index (κ2) is 7.99. The number of halogens is 1. The third-order valence-corrected chi connectivity index (χ3v) is 6.19. The number of imide groups is 1. The minimum Gasteiger partial charge on any atom is -0.273 e. The molecule has 0 aliphatic carbocycles. The topological polar surface area (TPSA) is 93.0 Å². The van der Waals surface area contributed by atoms with Gasteiger partial charge in [0, 0.05) is 17.2 Å². The highest BCUT2D eigenvalue weighted by Crippen LogP contribution is 2.47. The standard InChI is InChI=1S/C24H18ClN3O5/c1-14-2-8-17(9-3-14)26-23(29)20-21(15-4-10-19(11-5-15)28(31)32)27(33-22(20)24(26)30)18-12-6-16(25)7-13-18/h2-13,20-22H,1H3. The zero-order valence-corrected chi connectivity index (χ0v) is 18.2. The van der Waals surface area contributed by atoms with Crippen LogP contribution in [0.5, 0.6) is 0 Å². The lowest BCUT2D eigenvalue weighted by molar-refractivity contribution is -0.384. The molecule has 2 fully saturated rings. The number of hydrogen-bond donors (Lipinski definition) is 0. The Balaban J connectivity index is 1.57. The van der Waals surface area contributed by atoms with E-state index in [2.05, 4.69) is 0 Å². The maximum absolute atomic E-state index is 13.5. The summed E-state index contributed by atoms with van der Waals surface area (Å²) in [5, 5.41) is 13.2. The molecule has 3 aromatic rings. The van der Waals surface area contributed by atoms with Crippen molar-refractivity contribution in [3.63, 3.8) is 0 Å². The van der Waals surface area contributed by atoms with Crippen LogP contribution in [-0.4, -0.2) is 22.8 Å². The van der Waals surface area contributed by atoms with Gasteiger partial charge in [-0.3, -0.25) is 24.5 Å². The quantitative estimate of drug-likeness (QED) is 0.319. The van der Waals surface area contributed by atoms with E-state index in [1.54, 1.807) is 48.5 Å². The highest BCUT2D eigenvalue weighted by molar-refractivity contribution is 6.30. The van der Waals surface area contributed by atoms with Crippen molar-refractivity contribution in [2.45, 2.75) is 19.1 Å². The molecule has 2 aliphatic rings. The van der Waals surface area contributed by atoms with Crippen molar-refractivity contribution < 1.29 is 19.3 Å². The molecule has 33 heavy (non-hydrogen) atoms. The molecule has 5 rings (SSSR count). The van der Waals surface area contributed by atoms with Crippen LogP contribution >= 0.6 is 11.6 Å². The summed E-state index contributed by atoms with van der Waals surface area (Å²) < 4.78 is 0. The highest BCUT2D eigenvalue weighted by Gasteiger charge is 2.60. The van der Waals surface area contributed by atoms with Crippen LogP contribution < -0.4 is 9.96 Å². The third-order valence-electron chi connectivity index (χ3n) is 5.93. The van der Waals surface area contributed by atoms with Gasteiger partial charge in [-0.1, -0.05) is 41.4 Å². The first-order valence-corrected chi connectivity index (χ1v) is 10.6. The fourth-order valence-electron chi connectivity index (χ4n) is 4.31. The predicted molar refractivity (Wildman–Crippen MR) is 122 cm³/mol. The molecule has 0 radical (unpaired) electrons. The van der Waals surface area contributed by atoms with E-state index in [-0.39, 0.29) is 11.6 Å². The van der Waals surface area contributed by atoms with E-state index in [9.17, 15) is 19.7 Å². The van der Waals surface area contributed by atoms with Gasteiger partial charge in [0.2, 0.25) is 5.91 Å². The molecule has 8 nitrogen and oxygen atoms in total. The summed E-state index contributed by atoms with van der Waals surface area (Å²) in [4.78, 5) is 44.7. The van der Waals surface area contributed by atoms with Gasteiger partial charge in [0.1, 0.15) is 5.92 Å². The maximum atomic E-state index is 13.5. The van der Waals surface area contributed by atoms with E-state index in [1.165, 1.54) is 17.2 Å². The normalized spacial score (nSPS) is 22.1. The Morgan fingerprint density at radius 3 is 2.09 bits per heavy atom. The first-order chi connectivity index (χ1) is 15.8. The van der Waals surface area contributed by atoms with Crippen molar-refractivity contribution in [1.82, 2.24) is 0 Å². The molecule has 0 saturated carbocycles. The van der Waals surface area contributed by atoms with E-state index >= 15 is 0 Å². The van der Waals surface area contributed by atoms with Crippen LogP contribution in [0.15, 0.2) is 72.8 Å². The van der Waals surface area contributed by atoms with E-state index in [0.717, 1.165) is 10.5 Å². The minimum absolute atomic E-state index is 0.0673. The summed E-state index contributed by atoms with van der Waals surface area (Å²) in [5.41, 5.74) is 2.65. The van der Waals surface area contributed by atoms with Gasteiger partial charge in [0.25, 0.3) is 11.6 Å². The largest absolute Gasteiger partial charge is 0.273 e. The first-order valence-electron chi connectivity index (χ1n) is 10.3. The first kappa shape index (κ1) is 21.1. The Labute approximate surface area is 194 Å². The lowest BCUT2D eigenvalue weighted by Crippen LogP contribution is -2.37. The molecule has 2 aliphatic heterocycles. The monoisotopic (exact) mass is 463 g/mol. The van der Waals surface area contributed by atoms with Gasteiger partial charge >= 0.3 is 0 Å². The lowest BCUT2D eigenvalue weighted by atomic mass is 9.90. The Kier molecular flexibility index (Phi) is 5.11. The lowest BCUT2D eigenvalue weighted by Gasteiger charge is -2.28. The average Bonchev–Trinajstić information content (AvgIpc) is 3.31. The number of nitro benzene ring substituents is 1. The van der Waals surface area contributed by atoms with Crippen LogP contribution in [0, 0.1) is 23.0 Å². The molecule has 3 unspecified atom stereocenters. The number of fused-ring (bicyclic) bond motifs is 1. The van der Waals surface area contributed by atoms with E-state index in [1.807, 2.05) is 19.1 Å². The van der Waals surface area contributed by atoms with Crippen molar-refractivity contribution >= 4 is 40.5 Å². The predicted octanol–water partition coefficient (Wildman–Crippen LogP) is 4.61. The number of hydroxylamine groups is 1. The van der Waals surface area contributed by atoms with Crippen molar-refractivity contribution in [2.24, 2.45) is 5.92 Å². The Bertz CT molecular complexity index is 1240. The van der Waals surface area contributed by atoms with E-state index < -0.39 is 28.9 Å². The van der Waals surface area contributed by atoms with Gasteiger partial charge in [-0.2, -0.15) is 0 Å². The molecule has 2 saturated heterocycles. The Morgan fingerprint density at radius 1 is 0.879 bits per heavy atom. The Morgan fingerprint density at radius 2 is 1.48 bits per heavy atom.